The van der Waals surface area contributed by atoms with E-state index in [4.69, 9.17) is 31.5 Å². The Hall–Kier alpha value is -1.50. The van der Waals surface area contributed by atoms with Crippen molar-refractivity contribution in [3.05, 3.63) is 22.7 Å². The Morgan fingerprint density at radius 2 is 2.10 bits per heavy atom. The van der Waals surface area contributed by atoms with Gasteiger partial charge in [-0.3, -0.25) is 4.79 Å². The van der Waals surface area contributed by atoms with E-state index in [-0.39, 0.29) is 6.61 Å². The minimum Gasteiger partial charge on any atom is -0.493 e. The lowest BCUT2D eigenvalue weighted by molar-refractivity contribution is -0.122. The average molecular weight is 303 g/mol. The van der Waals surface area contributed by atoms with Crippen LogP contribution in [0.25, 0.3) is 0 Å². The molecule has 0 atom stereocenters. The second-order valence-electron chi connectivity index (χ2n) is 4.01. The fourth-order valence-electron chi connectivity index (χ4n) is 1.62. The van der Waals surface area contributed by atoms with Crippen molar-refractivity contribution >= 4 is 17.5 Å². The van der Waals surface area contributed by atoms with Crippen LogP contribution in [0.3, 0.4) is 0 Å². The van der Waals surface area contributed by atoms with Crippen LogP contribution >= 0.6 is 11.6 Å². The first-order chi connectivity index (χ1) is 9.58. The van der Waals surface area contributed by atoms with Gasteiger partial charge in [0.15, 0.2) is 11.5 Å². The molecule has 0 bridgehead atoms. The Morgan fingerprint density at radius 3 is 2.70 bits per heavy atom. The summed E-state index contributed by atoms with van der Waals surface area (Å²) in [5, 5.41) is 3.65. The number of nitrogens with one attached hydrogen (secondary N) is 1. The number of hydrogen-bond donors (Lipinski definition) is 2. The van der Waals surface area contributed by atoms with Crippen LogP contribution in [0, 0.1) is 0 Å². The topological polar surface area (TPSA) is 82.8 Å². The SMILES string of the molecule is COc1cc(CNCCOCC(N)=O)cc(Cl)c1OC. The predicted molar refractivity (Wildman–Crippen MR) is 76.3 cm³/mol. The van der Waals surface area contributed by atoms with Gasteiger partial charge in [-0.05, 0) is 17.7 Å². The molecule has 6 nitrogen and oxygen atoms in total. The fourth-order valence-corrected chi connectivity index (χ4v) is 1.93. The van der Waals surface area contributed by atoms with E-state index in [1.807, 2.05) is 6.07 Å². The quantitative estimate of drug-likeness (QED) is 0.664. The number of amides is 1. The van der Waals surface area contributed by atoms with Crippen LogP contribution in [0.4, 0.5) is 0 Å². The normalized spacial score (nSPS) is 10.3. The van der Waals surface area contributed by atoms with Gasteiger partial charge in [0.2, 0.25) is 5.91 Å². The van der Waals surface area contributed by atoms with Gasteiger partial charge >= 0.3 is 0 Å². The summed E-state index contributed by atoms with van der Waals surface area (Å²) < 4.78 is 15.4. The zero-order chi connectivity index (χ0) is 15.0. The first-order valence-corrected chi connectivity index (χ1v) is 6.43. The number of hydrogen-bond acceptors (Lipinski definition) is 5. The van der Waals surface area contributed by atoms with Crippen molar-refractivity contribution in [2.75, 3.05) is 34.0 Å². The summed E-state index contributed by atoms with van der Waals surface area (Å²) in [5.41, 5.74) is 5.91. The van der Waals surface area contributed by atoms with E-state index >= 15 is 0 Å². The molecule has 1 rings (SSSR count). The van der Waals surface area contributed by atoms with Gasteiger partial charge in [0, 0.05) is 13.1 Å². The Balaban J connectivity index is 2.44. The second-order valence-corrected chi connectivity index (χ2v) is 4.42. The number of carbonyl (C=O) groups is 1. The Labute approximate surface area is 123 Å². The molecular formula is C13H19ClN2O4. The summed E-state index contributed by atoms with van der Waals surface area (Å²) in [5.74, 6) is 0.626. The van der Waals surface area contributed by atoms with Gasteiger partial charge in [0.25, 0.3) is 0 Å². The molecule has 0 aliphatic rings. The first kappa shape index (κ1) is 16.6. The molecule has 1 aromatic carbocycles. The highest BCUT2D eigenvalue weighted by molar-refractivity contribution is 6.32. The third-order valence-corrected chi connectivity index (χ3v) is 2.77. The Bertz CT molecular complexity index is 454. The molecule has 1 amide bonds. The molecule has 0 aliphatic carbocycles. The summed E-state index contributed by atoms with van der Waals surface area (Å²) in [4.78, 5) is 10.5. The van der Waals surface area contributed by atoms with E-state index in [9.17, 15) is 4.79 Å². The lowest BCUT2D eigenvalue weighted by Crippen LogP contribution is -2.23. The van der Waals surface area contributed by atoms with Crippen LogP contribution in [-0.4, -0.2) is 39.9 Å². The number of benzene rings is 1. The molecule has 0 heterocycles. The third-order valence-electron chi connectivity index (χ3n) is 2.49. The number of ether oxygens (including phenoxy) is 3. The van der Waals surface area contributed by atoms with Crippen LogP contribution in [0.1, 0.15) is 5.56 Å². The highest BCUT2D eigenvalue weighted by Crippen LogP contribution is 2.35. The van der Waals surface area contributed by atoms with E-state index in [1.165, 1.54) is 7.11 Å². The van der Waals surface area contributed by atoms with Gasteiger partial charge in [-0.1, -0.05) is 11.6 Å². The summed E-state index contributed by atoms with van der Waals surface area (Å²) >= 11 is 6.10. The second kappa shape index (κ2) is 8.63. The predicted octanol–water partition coefficient (Wildman–Crippen LogP) is 0.949. The molecule has 0 aliphatic heterocycles. The lowest BCUT2D eigenvalue weighted by atomic mass is 10.2. The maximum Gasteiger partial charge on any atom is 0.243 e. The molecule has 0 unspecified atom stereocenters. The molecule has 3 N–H and O–H groups in total. The first-order valence-electron chi connectivity index (χ1n) is 6.05. The highest BCUT2D eigenvalue weighted by Gasteiger charge is 2.10. The fraction of sp³-hybridized carbons (Fsp3) is 0.462. The Morgan fingerprint density at radius 1 is 1.35 bits per heavy atom. The molecule has 0 saturated heterocycles. The van der Waals surface area contributed by atoms with Crippen molar-refractivity contribution in [3.8, 4) is 11.5 Å². The number of carbonyl (C=O) groups excluding carboxylic acids is 1. The summed E-state index contributed by atoms with van der Waals surface area (Å²) in [6, 6.07) is 3.65. The van der Waals surface area contributed by atoms with E-state index in [0.717, 1.165) is 5.56 Å². The minimum absolute atomic E-state index is 0.0656. The number of methoxy groups -OCH3 is 2. The van der Waals surface area contributed by atoms with Crippen molar-refractivity contribution in [1.82, 2.24) is 5.32 Å². The van der Waals surface area contributed by atoms with Gasteiger partial charge < -0.3 is 25.3 Å². The Kier molecular flexibility index (Phi) is 7.14. The number of nitrogens with two attached hydrogens (primary N) is 1. The lowest BCUT2D eigenvalue weighted by Gasteiger charge is -2.12. The van der Waals surface area contributed by atoms with Crippen LogP contribution in [0.2, 0.25) is 5.02 Å². The zero-order valence-corrected chi connectivity index (χ0v) is 12.3. The average Bonchev–Trinajstić information content (AvgIpc) is 2.41. The van der Waals surface area contributed by atoms with Crippen LogP contribution in [-0.2, 0) is 16.1 Å². The van der Waals surface area contributed by atoms with Gasteiger partial charge in [-0.25, -0.2) is 0 Å². The van der Waals surface area contributed by atoms with Crippen molar-refractivity contribution in [3.63, 3.8) is 0 Å². The standard InChI is InChI=1S/C13H19ClN2O4/c1-18-11-6-9(5-10(14)13(11)19-2)7-16-3-4-20-8-12(15)17/h5-6,16H,3-4,7-8H2,1-2H3,(H2,15,17). The van der Waals surface area contributed by atoms with Gasteiger partial charge in [-0.15, -0.1) is 0 Å². The third kappa shape index (κ3) is 5.24. The van der Waals surface area contributed by atoms with Gasteiger partial charge in [-0.2, -0.15) is 0 Å². The highest BCUT2D eigenvalue weighted by atomic mass is 35.5. The molecular weight excluding hydrogens is 284 g/mol. The van der Waals surface area contributed by atoms with Crippen LogP contribution < -0.4 is 20.5 Å². The van der Waals surface area contributed by atoms with Crippen molar-refractivity contribution in [1.29, 1.82) is 0 Å². The molecule has 0 saturated carbocycles. The summed E-state index contributed by atoms with van der Waals surface area (Å²) in [6.07, 6.45) is 0. The number of halogens is 1. The van der Waals surface area contributed by atoms with Gasteiger partial charge in [0.1, 0.15) is 6.61 Å². The molecule has 0 fully saturated rings. The maximum atomic E-state index is 10.5. The smallest absolute Gasteiger partial charge is 0.243 e. The summed E-state index contributed by atoms with van der Waals surface area (Å²) in [7, 11) is 3.10. The number of rotatable bonds is 9. The molecule has 0 aromatic heterocycles. The zero-order valence-electron chi connectivity index (χ0n) is 11.6. The van der Waals surface area contributed by atoms with Crippen molar-refractivity contribution < 1.29 is 19.0 Å². The molecule has 0 radical (unpaired) electrons. The summed E-state index contributed by atoms with van der Waals surface area (Å²) in [6.45, 7) is 1.53. The van der Waals surface area contributed by atoms with Crippen LogP contribution in [0.15, 0.2) is 12.1 Å². The molecule has 0 spiro atoms. The van der Waals surface area contributed by atoms with Crippen molar-refractivity contribution in [2.45, 2.75) is 6.54 Å². The molecule has 20 heavy (non-hydrogen) atoms. The monoisotopic (exact) mass is 302 g/mol. The van der Waals surface area contributed by atoms with E-state index < -0.39 is 5.91 Å². The molecule has 112 valence electrons. The van der Waals surface area contributed by atoms with E-state index in [0.29, 0.717) is 36.2 Å². The molecule has 7 heteroatoms. The van der Waals surface area contributed by atoms with E-state index in [1.54, 1.807) is 13.2 Å². The van der Waals surface area contributed by atoms with E-state index in [2.05, 4.69) is 5.32 Å². The number of primary amides is 1. The maximum absolute atomic E-state index is 10.5. The minimum atomic E-state index is -0.475. The molecule has 1 aromatic rings. The van der Waals surface area contributed by atoms with Crippen molar-refractivity contribution in [2.24, 2.45) is 5.73 Å². The van der Waals surface area contributed by atoms with Crippen LogP contribution in [0.5, 0.6) is 11.5 Å². The largest absolute Gasteiger partial charge is 0.493 e. The van der Waals surface area contributed by atoms with Gasteiger partial charge in [0.05, 0.1) is 25.8 Å².